The van der Waals surface area contributed by atoms with Crippen molar-refractivity contribution in [1.82, 2.24) is 13.8 Å². The van der Waals surface area contributed by atoms with E-state index < -0.39 is 20.7 Å². The number of carbonyl (C=O) groups excluding carboxylic acids is 1. The topological polar surface area (TPSA) is 136 Å². The molecule has 1 aliphatic rings. The maximum atomic E-state index is 13.0. The lowest BCUT2D eigenvalue weighted by Gasteiger charge is -2.34. The molecule has 174 valence electrons. The van der Waals surface area contributed by atoms with Crippen molar-refractivity contribution in [2.75, 3.05) is 26.2 Å². The van der Waals surface area contributed by atoms with Gasteiger partial charge in [0.05, 0.1) is 21.4 Å². The Kier molecular flexibility index (Phi) is 5.80. The number of sulfonamides is 1. The van der Waals surface area contributed by atoms with E-state index in [1.807, 2.05) is 13.8 Å². The van der Waals surface area contributed by atoms with Gasteiger partial charge in [-0.2, -0.15) is 4.31 Å². The van der Waals surface area contributed by atoms with Gasteiger partial charge in [-0.3, -0.25) is 19.5 Å². The quantitative estimate of drug-likeness (QED) is 0.405. The Morgan fingerprint density at radius 1 is 1.06 bits per heavy atom. The van der Waals surface area contributed by atoms with Crippen molar-refractivity contribution >= 4 is 32.7 Å². The lowest BCUT2D eigenvalue weighted by atomic mass is 10.1. The predicted octanol–water partition coefficient (Wildman–Crippen LogP) is 1.65. The van der Waals surface area contributed by atoms with Gasteiger partial charge in [-0.05, 0) is 43.2 Å². The van der Waals surface area contributed by atoms with Crippen molar-refractivity contribution in [1.29, 1.82) is 0 Å². The van der Waals surface area contributed by atoms with E-state index in [9.17, 15) is 28.1 Å². The molecule has 0 bridgehead atoms. The molecule has 1 fully saturated rings. The largest absolute Gasteiger partial charge is 0.420 e. The summed E-state index contributed by atoms with van der Waals surface area (Å²) in [7, 11) is -3.68. The minimum atomic E-state index is -3.68. The monoisotopic (exact) mass is 474 g/mol. The lowest BCUT2D eigenvalue weighted by molar-refractivity contribution is -0.384. The van der Waals surface area contributed by atoms with Crippen LogP contribution < -0.4 is 5.76 Å². The van der Waals surface area contributed by atoms with Crippen LogP contribution in [-0.2, 0) is 21.4 Å². The molecule has 0 aliphatic carbocycles. The molecule has 12 heteroatoms. The van der Waals surface area contributed by atoms with E-state index >= 15 is 0 Å². The number of aryl methyl sites for hydroxylation is 2. The number of aromatic nitrogens is 1. The highest BCUT2D eigenvalue weighted by Crippen LogP contribution is 2.22. The Labute approximate surface area is 189 Å². The summed E-state index contributed by atoms with van der Waals surface area (Å²) in [5.74, 6) is -1.17. The smallest absolute Gasteiger partial charge is 0.407 e. The standard InChI is InChI=1S/C21H22N4O7S/c1-14-3-5-17(11-15(14)2)33(30,31)23-9-7-22(8-10-23)20(26)13-24-18-6-4-16(25(28)29)12-19(18)32-21(24)27/h3-6,11-12H,7-10,13H2,1-2H3. The molecule has 2 heterocycles. The van der Waals surface area contributed by atoms with Crippen LogP contribution in [0, 0.1) is 24.0 Å². The maximum Gasteiger partial charge on any atom is 0.420 e. The van der Waals surface area contributed by atoms with Crippen LogP contribution in [0.15, 0.2) is 50.5 Å². The minimum absolute atomic E-state index is 0.0197. The van der Waals surface area contributed by atoms with E-state index in [0.29, 0.717) is 0 Å². The first-order valence-corrected chi connectivity index (χ1v) is 11.6. The summed E-state index contributed by atoms with van der Waals surface area (Å²) in [6.07, 6.45) is 0. The summed E-state index contributed by atoms with van der Waals surface area (Å²) < 4.78 is 33.4. The summed E-state index contributed by atoms with van der Waals surface area (Å²) in [6, 6.07) is 8.71. The van der Waals surface area contributed by atoms with Gasteiger partial charge in [-0.25, -0.2) is 13.2 Å². The normalized spacial score (nSPS) is 15.2. The van der Waals surface area contributed by atoms with E-state index in [1.165, 1.54) is 21.3 Å². The molecule has 0 radical (unpaired) electrons. The third kappa shape index (κ3) is 4.26. The van der Waals surface area contributed by atoms with Crippen molar-refractivity contribution in [3.63, 3.8) is 0 Å². The summed E-state index contributed by atoms with van der Waals surface area (Å²) in [6.45, 7) is 4.07. The lowest BCUT2D eigenvalue weighted by Crippen LogP contribution is -2.51. The molecular weight excluding hydrogens is 452 g/mol. The van der Waals surface area contributed by atoms with Crippen molar-refractivity contribution in [2.24, 2.45) is 0 Å². The van der Waals surface area contributed by atoms with E-state index in [-0.39, 0.29) is 60.3 Å². The van der Waals surface area contributed by atoms with E-state index in [4.69, 9.17) is 4.42 Å². The Morgan fingerprint density at radius 2 is 1.76 bits per heavy atom. The number of amides is 1. The van der Waals surface area contributed by atoms with Gasteiger partial charge in [0.1, 0.15) is 6.54 Å². The number of hydrogen-bond donors (Lipinski definition) is 0. The van der Waals surface area contributed by atoms with Crippen LogP contribution in [0.4, 0.5) is 5.69 Å². The van der Waals surface area contributed by atoms with Gasteiger partial charge in [-0.15, -0.1) is 0 Å². The molecule has 0 spiro atoms. The zero-order valence-electron chi connectivity index (χ0n) is 18.1. The van der Waals surface area contributed by atoms with Crippen LogP contribution >= 0.6 is 0 Å². The van der Waals surface area contributed by atoms with Gasteiger partial charge >= 0.3 is 5.76 Å². The van der Waals surface area contributed by atoms with Crippen molar-refractivity contribution < 1.29 is 22.6 Å². The number of rotatable bonds is 5. The number of non-ortho nitro benzene ring substituents is 1. The van der Waals surface area contributed by atoms with Crippen LogP contribution in [-0.4, -0.2) is 59.2 Å². The first-order valence-electron chi connectivity index (χ1n) is 10.2. The second-order valence-corrected chi connectivity index (χ2v) is 9.83. The maximum absolute atomic E-state index is 13.0. The van der Waals surface area contributed by atoms with Gasteiger partial charge in [0, 0.05) is 32.2 Å². The van der Waals surface area contributed by atoms with Crippen LogP contribution in [0.25, 0.3) is 11.1 Å². The fourth-order valence-electron chi connectivity index (χ4n) is 3.75. The summed E-state index contributed by atoms with van der Waals surface area (Å²) in [5.41, 5.74) is 1.95. The highest BCUT2D eigenvalue weighted by atomic mass is 32.2. The number of nitro benzene ring substituents is 1. The summed E-state index contributed by atoms with van der Waals surface area (Å²) in [5, 5.41) is 10.9. The number of carbonyl (C=O) groups is 1. The number of nitrogens with zero attached hydrogens (tertiary/aromatic N) is 4. The Hall–Kier alpha value is -3.51. The second-order valence-electron chi connectivity index (χ2n) is 7.89. The number of nitro groups is 1. The average molecular weight is 474 g/mol. The van der Waals surface area contributed by atoms with Crippen LogP contribution in [0.2, 0.25) is 0 Å². The van der Waals surface area contributed by atoms with Crippen LogP contribution in [0.5, 0.6) is 0 Å². The summed E-state index contributed by atoms with van der Waals surface area (Å²) in [4.78, 5) is 37.0. The van der Waals surface area contributed by atoms with E-state index in [0.717, 1.165) is 21.8 Å². The second kappa shape index (κ2) is 8.45. The molecule has 1 aliphatic heterocycles. The predicted molar refractivity (Wildman–Crippen MR) is 118 cm³/mol. The molecule has 3 aromatic rings. The molecule has 1 amide bonds. The molecule has 0 N–H and O–H groups in total. The van der Waals surface area contributed by atoms with Crippen molar-refractivity contribution in [3.05, 3.63) is 68.2 Å². The summed E-state index contributed by atoms with van der Waals surface area (Å²) >= 11 is 0. The molecular formula is C21H22N4O7S. The number of fused-ring (bicyclic) bond motifs is 1. The third-order valence-corrected chi connectivity index (χ3v) is 7.76. The van der Waals surface area contributed by atoms with Gasteiger partial charge < -0.3 is 9.32 Å². The van der Waals surface area contributed by atoms with Gasteiger partial charge in [0.25, 0.3) is 5.69 Å². The molecule has 0 atom stereocenters. The van der Waals surface area contributed by atoms with E-state index in [1.54, 1.807) is 18.2 Å². The Bertz CT molecular complexity index is 1420. The fourth-order valence-corrected chi connectivity index (χ4v) is 5.26. The highest BCUT2D eigenvalue weighted by molar-refractivity contribution is 7.89. The molecule has 11 nitrogen and oxygen atoms in total. The molecule has 33 heavy (non-hydrogen) atoms. The van der Waals surface area contributed by atoms with Crippen molar-refractivity contribution in [2.45, 2.75) is 25.3 Å². The molecule has 2 aromatic carbocycles. The Balaban J connectivity index is 1.46. The van der Waals surface area contributed by atoms with Crippen LogP contribution in [0.3, 0.4) is 0 Å². The molecule has 1 saturated heterocycles. The first kappa shape index (κ1) is 22.7. The number of oxazole rings is 1. The number of hydrogen-bond acceptors (Lipinski definition) is 7. The SMILES string of the molecule is Cc1ccc(S(=O)(=O)N2CCN(C(=O)Cn3c(=O)oc4cc([N+](=O)[O-])ccc43)CC2)cc1C. The van der Waals surface area contributed by atoms with Gasteiger partial charge in [0.2, 0.25) is 15.9 Å². The molecule has 1 aromatic heterocycles. The number of benzene rings is 2. The average Bonchev–Trinajstić information content (AvgIpc) is 3.09. The van der Waals surface area contributed by atoms with Crippen LogP contribution in [0.1, 0.15) is 11.1 Å². The fraction of sp³-hybridized carbons (Fsp3) is 0.333. The zero-order chi connectivity index (χ0) is 23.9. The highest BCUT2D eigenvalue weighted by Gasteiger charge is 2.30. The minimum Gasteiger partial charge on any atom is -0.407 e. The molecule has 0 unspecified atom stereocenters. The molecule has 4 rings (SSSR count). The van der Waals surface area contributed by atoms with Gasteiger partial charge in [-0.1, -0.05) is 6.07 Å². The van der Waals surface area contributed by atoms with Crippen molar-refractivity contribution in [3.8, 4) is 0 Å². The number of piperazine rings is 1. The van der Waals surface area contributed by atoms with E-state index in [2.05, 4.69) is 0 Å². The van der Waals surface area contributed by atoms with Gasteiger partial charge in [0.15, 0.2) is 5.58 Å². The first-order chi connectivity index (χ1) is 15.6. The Morgan fingerprint density at radius 3 is 2.39 bits per heavy atom. The third-order valence-electron chi connectivity index (χ3n) is 5.86. The molecule has 0 saturated carbocycles. The zero-order valence-corrected chi connectivity index (χ0v) is 18.9.